The lowest BCUT2D eigenvalue weighted by Gasteiger charge is -2.43. The van der Waals surface area contributed by atoms with E-state index < -0.39 is 65.0 Å². The SMILES string of the molecule is CCOc1ccccc1C(O)(CC(F)(F)C(F)(F)C(F)(F)C(F)(F)C(F)(F)C(F)(F)F)C(C)c1ccccc1. The molecule has 0 aliphatic carbocycles. The summed E-state index contributed by atoms with van der Waals surface area (Å²) in [7, 11) is 0. The second-order valence-electron chi connectivity index (χ2n) is 8.66. The topological polar surface area (TPSA) is 29.5 Å². The molecule has 220 valence electrons. The Morgan fingerprint density at radius 1 is 0.667 bits per heavy atom. The van der Waals surface area contributed by atoms with Crippen molar-refractivity contribution in [2.45, 2.75) is 67.6 Å². The lowest BCUT2D eigenvalue weighted by molar-refractivity contribution is -0.441. The van der Waals surface area contributed by atoms with E-state index in [1.807, 2.05) is 0 Å². The Morgan fingerprint density at radius 2 is 1.13 bits per heavy atom. The first-order valence-corrected chi connectivity index (χ1v) is 11.0. The predicted molar refractivity (Wildman–Crippen MR) is 112 cm³/mol. The Kier molecular flexibility index (Phi) is 8.63. The summed E-state index contributed by atoms with van der Waals surface area (Å²) in [6, 6.07) is 10.8. The van der Waals surface area contributed by atoms with Gasteiger partial charge in [-0.2, -0.15) is 57.1 Å². The first-order chi connectivity index (χ1) is 17.5. The van der Waals surface area contributed by atoms with Gasteiger partial charge < -0.3 is 9.84 Å². The van der Waals surface area contributed by atoms with Crippen LogP contribution in [0.2, 0.25) is 0 Å². The van der Waals surface area contributed by atoms with E-state index in [2.05, 4.69) is 0 Å². The molecule has 0 amide bonds. The van der Waals surface area contributed by atoms with Crippen LogP contribution in [0.15, 0.2) is 54.6 Å². The molecule has 0 aliphatic heterocycles. The maximum absolute atomic E-state index is 15.0. The number of ether oxygens (including phenoxy) is 1. The lowest BCUT2D eigenvalue weighted by Crippen LogP contribution is -2.70. The molecule has 2 nitrogen and oxygen atoms in total. The highest BCUT2D eigenvalue weighted by Crippen LogP contribution is 2.62. The summed E-state index contributed by atoms with van der Waals surface area (Å²) in [5.41, 5.74) is -4.10. The minimum Gasteiger partial charge on any atom is -0.493 e. The molecular weight excluding hydrogens is 567 g/mol. The highest BCUT2D eigenvalue weighted by molar-refractivity contribution is 5.41. The van der Waals surface area contributed by atoms with Gasteiger partial charge in [-0.05, 0) is 18.6 Å². The molecule has 0 bridgehead atoms. The minimum absolute atomic E-state index is 0.0499. The van der Waals surface area contributed by atoms with Crippen molar-refractivity contribution >= 4 is 0 Å². The van der Waals surface area contributed by atoms with Crippen molar-refractivity contribution in [2.24, 2.45) is 0 Å². The van der Waals surface area contributed by atoms with E-state index in [1.54, 1.807) is 0 Å². The van der Waals surface area contributed by atoms with Crippen LogP contribution in [-0.4, -0.2) is 47.5 Å². The van der Waals surface area contributed by atoms with E-state index in [-0.39, 0.29) is 12.2 Å². The zero-order valence-electron chi connectivity index (χ0n) is 20.0. The Bertz CT molecular complexity index is 1120. The van der Waals surface area contributed by atoms with E-state index in [9.17, 15) is 62.2 Å². The third-order valence-electron chi connectivity index (χ3n) is 6.16. The third-order valence-corrected chi connectivity index (χ3v) is 6.16. The second-order valence-corrected chi connectivity index (χ2v) is 8.66. The molecule has 2 unspecified atom stereocenters. The summed E-state index contributed by atoms with van der Waals surface area (Å²) in [5.74, 6) is -40.0. The van der Waals surface area contributed by atoms with Gasteiger partial charge in [-0.25, -0.2) is 0 Å². The average molecular weight is 588 g/mol. The standard InChI is InChI=1S/C24H21F13O2/c1-3-39-17-12-8-7-11-16(17)18(38,14(2)15-9-5-4-6-10-15)13-19(25,26)20(27,28)21(29,30)22(31,32)23(33,34)24(35,36)37/h4-12,14,38H,3,13H2,1-2H3. The normalized spacial score (nSPS) is 16.5. The maximum Gasteiger partial charge on any atom is 0.460 e. The molecule has 1 N–H and O–H groups in total. The van der Waals surface area contributed by atoms with Gasteiger partial charge in [0.25, 0.3) is 0 Å². The van der Waals surface area contributed by atoms with Gasteiger partial charge in [0.15, 0.2) is 0 Å². The number of para-hydroxylation sites is 1. The zero-order chi connectivity index (χ0) is 30.3. The Hall–Kier alpha value is -2.71. The first kappa shape index (κ1) is 32.5. The lowest BCUT2D eigenvalue weighted by atomic mass is 9.73. The quantitative estimate of drug-likeness (QED) is 0.268. The van der Waals surface area contributed by atoms with Crippen LogP contribution in [0.5, 0.6) is 5.75 Å². The van der Waals surface area contributed by atoms with Crippen LogP contribution in [0.1, 0.15) is 37.3 Å². The molecule has 0 fully saturated rings. The fourth-order valence-corrected chi connectivity index (χ4v) is 3.86. The van der Waals surface area contributed by atoms with Crippen molar-refractivity contribution in [3.8, 4) is 5.75 Å². The van der Waals surface area contributed by atoms with Crippen molar-refractivity contribution in [1.29, 1.82) is 0 Å². The molecule has 2 aromatic rings. The van der Waals surface area contributed by atoms with Crippen molar-refractivity contribution in [1.82, 2.24) is 0 Å². The highest BCUT2D eigenvalue weighted by Gasteiger charge is 2.90. The maximum atomic E-state index is 15.0. The summed E-state index contributed by atoms with van der Waals surface area (Å²) in [5, 5.41) is 11.4. The van der Waals surface area contributed by atoms with Gasteiger partial charge in [-0.1, -0.05) is 55.5 Å². The van der Waals surface area contributed by atoms with Crippen LogP contribution in [0.4, 0.5) is 57.1 Å². The van der Waals surface area contributed by atoms with E-state index in [0.717, 1.165) is 25.1 Å². The van der Waals surface area contributed by atoms with Crippen molar-refractivity contribution in [2.75, 3.05) is 6.61 Å². The largest absolute Gasteiger partial charge is 0.493 e. The number of rotatable bonds is 11. The highest BCUT2D eigenvalue weighted by atomic mass is 19.4. The van der Waals surface area contributed by atoms with Crippen molar-refractivity contribution < 1.29 is 66.9 Å². The summed E-state index contributed by atoms with van der Waals surface area (Å²) >= 11 is 0. The number of halogens is 13. The molecule has 0 saturated heterocycles. The van der Waals surface area contributed by atoms with Gasteiger partial charge in [0.1, 0.15) is 11.4 Å². The Labute approximate surface area is 213 Å². The molecule has 2 rings (SSSR count). The van der Waals surface area contributed by atoms with Gasteiger partial charge in [-0.15, -0.1) is 0 Å². The van der Waals surface area contributed by atoms with Gasteiger partial charge in [0.05, 0.1) is 13.0 Å². The van der Waals surface area contributed by atoms with Crippen LogP contribution in [0.25, 0.3) is 0 Å². The minimum atomic E-state index is -8.03. The molecule has 2 atom stereocenters. The van der Waals surface area contributed by atoms with Crippen molar-refractivity contribution in [3.63, 3.8) is 0 Å². The fourth-order valence-electron chi connectivity index (χ4n) is 3.86. The van der Waals surface area contributed by atoms with Gasteiger partial charge in [0, 0.05) is 11.5 Å². The molecule has 0 spiro atoms. The van der Waals surface area contributed by atoms with Gasteiger partial charge in [0.2, 0.25) is 0 Å². The summed E-state index contributed by atoms with van der Waals surface area (Å²) < 4.78 is 184. The van der Waals surface area contributed by atoms with Crippen LogP contribution >= 0.6 is 0 Å². The van der Waals surface area contributed by atoms with Crippen LogP contribution in [0.3, 0.4) is 0 Å². The monoisotopic (exact) mass is 588 g/mol. The molecule has 2 aromatic carbocycles. The summed E-state index contributed by atoms with van der Waals surface area (Å²) in [6.07, 6.45) is -10.3. The molecule has 0 heterocycles. The zero-order valence-corrected chi connectivity index (χ0v) is 20.0. The van der Waals surface area contributed by atoms with Gasteiger partial charge in [-0.3, -0.25) is 0 Å². The number of benzene rings is 2. The molecule has 15 heteroatoms. The van der Waals surface area contributed by atoms with Crippen LogP contribution in [-0.2, 0) is 5.60 Å². The molecule has 0 aliphatic rings. The van der Waals surface area contributed by atoms with E-state index in [4.69, 9.17) is 4.74 Å². The van der Waals surface area contributed by atoms with E-state index in [1.165, 1.54) is 43.3 Å². The van der Waals surface area contributed by atoms with Crippen molar-refractivity contribution in [3.05, 3.63) is 65.7 Å². The van der Waals surface area contributed by atoms with Crippen LogP contribution in [0, 0.1) is 0 Å². The molecule has 39 heavy (non-hydrogen) atoms. The second kappa shape index (κ2) is 10.4. The van der Waals surface area contributed by atoms with E-state index >= 15 is 0 Å². The average Bonchev–Trinajstić information content (AvgIpc) is 2.83. The van der Waals surface area contributed by atoms with E-state index in [0.29, 0.717) is 0 Å². The fraction of sp³-hybridized carbons (Fsp3) is 0.500. The summed E-state index contributed by atoms with van der Waals surface area (Å²) in [4.78, 5) is 0. The Balaban J connectivity index is 2.74. The molecule has 0 saturated carbocycles. The number of aliphatic hydroxyl groups is 1. The molecule has 0 radical (unpaired) electrons. The van der Waals surface area contributed by atoms with Gasteiger partial charge >= 0.3 is 35.8 Å². The number of hydrogen-bond acceptors (Lipinski definition) is 2. The first-order valence-electron chi connectivity index (χ1n) is 11.0. The Morgan fingerprint density at radius 3 is 1.62 bits per heavy atom. The number of hydrogen-bond donors (Lipinski definition) is 1. The third kappa shape index (κ3) is 5.25. The number of alkyl halides is 13. The smallest absolute Gasteiger partial charge is 0.460 e. The van der Waals surface area contributed by atoms with Crippen LogP contribution < -0.4 is 4.74 Å². The predicted octanol–water partition coefficient (Wildman–Crippen LogP) is 8.21. The molecular formula is C24H21F13O2. The summed E-state index contributed by atoms with van der Waals surface area (Å²) in [6.45, 7) is 2.19. The molecule has 0 aromatic heterocycles.